The number of benzene rings is 1. The molecule has 2 aliphatic rings. The molecular formula is C14H17ClN2O3S. The summed E-state index contributed by atoms with van der Waals surface area (Å²) in [4.78, 5) is 16.7. The summed E-state index contributed by atoms with van der Waals surface area (Å²) >= 11 is 0. The van der Waals surface area contributed by atoms with Crippen LogP contribution in [0.4, 0.5) is 0 Å². The predicted molar refractivity (Wildman–Crippen MR) is 79.7 cm³/mol. The highest BCUT2D eigenvalue weighted by Gasteiger charge is 2.32. The van der Waals surface area contributed by atoms with Crippen LogP contribution in [0.25, 0.3) is 0 Å². The number of carbonyl (C=O) groups excluding carboxylic acids is 1. The number of carbonyl (C=O) groups is 1. The second kappa shape index (κ2) is 5.59. The van der Waals surface area contributed by atoms with Crippen LogP contribution in [0.15, 0.2) is 29.2 Å². The number of amides is 1. The van der Waals surface area contributed by atoms with Gasteiger partial charge in [-0.1, -0.05) is 0 Å². The summed E-state index contributed by atoms with van der Waals surface area (Å²) in [5, 5.41) is 0. The number of halogens is 1. The monoisotopic (exact) mass is 328 g/mol. The molecule has 0 spiro atoms. The van der Waals surface area contributed by atoms with Crippen molar-refractivity contribution in [2.24, 2.45) is 0 Å². The summed E-state index contributed by atoms with van der Waals surface area (Å²) in [7, 11) is 1.53. The van der Waals surface area contributed by atoms with E-state index in [1.54, 1.807) is 0 Å². The van der Waals surface area contributed by atoms with Crippen LogP contribution in [0.5, 0.6) is 0 Å². The molecule has 0 aliphatic carbocycles. The van der Waals surface area contributed by atoms with Crippen molar-refractivity contribution in [3.63, 3.8) is 0 Å². The molecular weight excluding hydrogens is 312 g/mol. The first kappa shape index (κ1) is 14.8. The Bertz CT molecular complexity index is 645. The normalized spacial score (nSPS) is 23.1. The lowest BCUT2D eigenvalue weighted by atomic mass is 10.1. The zero-order valence-corrected chi connectivity index (χ0v) is 13.1. The van der Waals surface area contributed by atoms with E-state index < -0.39 is 9.05 Å². The van der Waals surface area contributed by atoms with Crippen molar-refractivity contribution >= 4 is 25.6 Å². The van der Waals surface area contributed by atoms with E-state index in [0.29, 0.717) is 18.3 Å². The maximum absolute atomic E-state index is 12.5. The molecule has 3 rings (SSSR count). The third-order valence-corrected chi connectivity index (χ3v) is 5.62. The van der Waals surface area contributed by atoms with Gasteiger partial charge in [0.2, 0.25) is 0 Å². The van der Waals surface area contributed by atoms with Crippen LogP contribution in [0.3, 0.4) is 0 Å². The van der Waals surface area contributed by atoms with Gasteiger partial charge in [0.05, 0.1) is 11.6 Å². The van der Waals surface area contributed by atoms with E-state index in [0.717, 1.165) is 19.5 Å². The maximum Gasteiger partial charge on any atom is 0.261 e. The Morgan fingerprint density at radius 1 is 1.14 bits per heavy atom. The maximum atomic E-state index is 12.5. The molecule has 1 atom stereocenters. The first-order valence-electron chi connectivity index (χ1n) is 7.03. The highest BCUT2D eigenvalue weighted by atomic mass is 35.7. The van der Waals surface area contributed by atoms with Gasteiger partial charge in [-0.2, -0.15) is 0 Å². The van der Waals surface area contributed by atoms with Crippen LogP contribution in [0.1, 0.15) is 29.6 Å². The zero-order valence-electron chi connectivity index (χ0n) is 11.5. The van der Waals surface area contributed by atoms with Crippen LogP contribution < -0.4 is 0 Å². The summed E-state index contributed by atoms with van der Waals surface area (Å²) in [6, 6.07) is 6.41. The number of hydrogen-bond acceptors (Lipinski definition) is 4. The number of fused-ring (bicyclic) bond motifs is 1. The number of rotatable bonds is 2. The molecule has 2 fully saturated rings. The molecule has 0 bridgehead atoms. The minimum Gasteiger partial charge on any atom is -0.326 e. The molecule has 0 N–H and O–H groups in total. The second-order valence-electron chi connectivity index (χ2n) is 5.57. The van der Waals surface area contributed by atoms with E-state index in [9.17, 15) is 13.2 Å². The fourth-order valence-corrected chi connectivity index (χ4v) is 3.88. The molecule has 0 unspecified atom stereocenters. The standard InChI is InChI=1S/C14H17ClN2O3S/c15-21(19,20)13-5-3-11(4-6-13)14(18)17-9-7-12-2-1-8-16(12)10-17/h3-6,12H,1-2,7-10H2/t12-/m1/s1. The van der Waals surface area contributed by atoms with E-state index >= 15 is 0 Å². The van der Waals surface area contributed by atoms with Gasteiger partial charge >= 0.3 is 0 Å². The van der Waals surface area contributed by atoms with Crippen molar-refractivity contribution in [2.45, 2.75) is 30.2 Å². The Labute approximate surface area is 128 Å². The quantitative estimate of drug-likeness (QED) is 0.778. The molecule has 7 heteroatoms. The molecule has 0 aromatic heterocycles. The van der Waals surface area contributed by atoms with Gasteiger partial charge in [-0.15, -0.1) is 0 Å². The number of hydrogen-bond donors (Lipinski definition) is 0. The molecule has 21 heavy (non-hydrogen) atoms. The largest absolute Gasteiger partial charge is 0.326 e. The summed E-state index contributed by atoms with van der Waals surface area (Å²) in [5.41, 5.74) is 0.497. The second-order valence-corrected chi connectivity index (χ2v) is 8.14. The average molecular weight is 329 g/mol. The fraction of sp³-hybridized carbons (Fsp3) is 0.500. The Balaban J connectivity index is 1.73. The summed E-state index contributed by atoms with van der Waals surface area (Å²) in [6.45, 7) is 2.48. The van der Waals surface area contributed by atoms with Gasteiger partial charge in [0.25, 0.3) is 15.0 Å². The van der Waals surface area contributed by atoms with Crippen LogP contribution in [0.2, 0.25) is 0 Å². The topological polar surface area (TPSA) is 57.7 Å². The zero-order chi connectivity index (χ0) is 15.0. The predicted octanol–water partition coefficient (Wildman–Crippen LogP) is 1.88. The molecule has 2 saturated heterocycles. The van der Waals surface area contributed by atoms with Gasteiger partial charge in [-0.3, -0.25) is 9.69 Å². The van der Waals surface area contributed by atoms with Crippen molar-refractivity contribution in [3.05, 3.63) is 29.8 Å². The van der Waals surface area contributed by atoms with Crippen molar-refractivity contribution in [1.29, 1.82) is 0 Å². The van der Waals surface area contributed by atoms with Crippen molar-refractivity contribution in [3.8, 4) is 0 Å². The molecule has 0 saturated carbocycles. The van der Waals surface area contributed by atoms with Gasteiger partial charge < -0.3 is 4.90 Å². The fourth-order valence-electron chi connectivity index (χ4n) is 3.11. The molecule has 1 aromatic carbocycles. The lowest BCUT2D eigenvalue weighted by Gasteiger charge is -2.37. The minimum absolute atomic E-state index is 0.0129. The Kier molecular flexibility index (Phi) is 3.94. The average Bonchev–Trinajstić information content (AvgIpc) is 2.93. The third-order valence-electron chi connectivity index (χ3n) is 4.25. The minimum atomic E-state index is -3.74. The van der Waals surface area contributed by atoms with Gasteiger partial charge in [0.1, 0.15) is 0 Å². The van der Waals surface area contributed by atoms with Crippen molar-refractivity contribution in [2.75, 3.05) is 19.8 Å². The molecule has 2 aliphatic heterocycles. The molecule has 1 aromatic rings. The van der Waals surface area contributed by atoms with E-state index in [1.165, 1.54) is 37.1 Å². The highest BCUT2D eigenvalue weighted by Crippen LogP contribution is 2.25. The molecule has 0 radical (unpaired) electrons. The highest BCUT2D eigenvalue weighted by molar-refractivity contribution is 8.13. The van der Waals surface area contributed by atoms with Crippen LogP contribution in [-0.4, -0.2) is 49.9 Å². The van der Waals surface area contributed by atoms with Gasteiger partial charge in [-0.05, 0) is 43.5 Å². The number of nitrogens with zero attached hydrogens (tertiary/aromatic N) is 2. The smallest absolute Gasteiger partial charge is 0.261 e. The molecule has 5 nitrogen and oxygen atoms in total. The first-order valence-corrected chi connectivity index (χ1v) is 9.34. The van der Waals surface area contributed by atoms with Gasteiger partial charge in [-0.25, -0.2) is 8.42 Å². The molecule has 2 heterocycles. The van der Waals surface area contributed by atoms with E-state index in [-0.39, 0.29) is 10.8 Å². The molecule has 114 valence electrons. The van der Waals surface area contributed by atoms with Gasteiger partial charge in [0, 0.05) is 35.4 Å². The lowest BCUT2D eigenvalue weighted by Crippen LogP contribution is -2.49. The first-order chi connectivity index (χ1) is 9.95. The Morgan fingerprint density at radius 2 is 1.86 bits per heavy atom. The molecule has 1 amide bonds. The van der Waals surface area contributed by atoms with Crippen molar-refractivity contribution < 1.29 is 13.2 Å². The van der Waals surface area contributed by atoms with Crippen LogP contribution in [-0.2, 0) is 9.05 Å². The van der Waals surface area contributed by atoms with Crippen molar-refractivity contribution in [1.82, 2.24) is 9.80 Å². The summed E-state index contributed by atoms with van der Waals surface area (Å²) in [6.07, 6.45) is 3.44. The third kappa shape index (κ3) is 3.07. The summed E-state index contributed by atoms with van der Waals surface area (Å²) < 4.78 is 22.4. The summed E-state index contributed by atoms with van der Waals surface area (Å²) in [5.74, 6) is -0.0566. The van der Waals surface area contributed by atoms with Gasteiger partial charge in [0.15, 0.2) is 0 Å². The Hall–Kier alpha value is -1.11. The van der Waals surface area contributed by atoms with E-state index in [2.05, 4.69) is 4.90 Å². The van der Waals surface area contributed by atoms with Crippen LogP contribution in [0, 0.1) is 0 Å². The SMILES string of the molecule is O=C(c1ccc(S(=O)(=O)Cl)cc1)N1CC[C@H]2CCCN2C1. The lowest BCUT2D eigenvalue weighted by molar-refractivity contribution is 0.0428. The van der Waals surface area contributed by atoms with E-state index in [4.69, 9.17) is 10.7 Å². The van der Waals surface area contributed by atoms with Crippen LogP contribution >= 0.6 is 10.7 Å². The van der Waals surface area contributed by atoms with E-state index in [1.807, 2.05) is 4.90 Å². The Morgan fingerprint density at radius 3 is 2.52 bits per heavy atom.